The van der Waals surface area contributed by atoms with Crippen molar-refractivity contribution in [3.63, 3.8) is 0 Å². The Hall–Kier alpha value is -0.890. The van der Waals surface area contributed by atoms with E-state index in [1.807, 2.05) is 0 Å². The van der Waals surface area contributed by atoms with E-state index < -0.39 is 74.2 Å². The van der Waals surface area contributed by atoms with E-state index in [-0.39, 0.29) is 6.42 Å². The third kappa shape index (κ3) is 49.0. The van der Waals surface area contributed by atoms with E-state index in [2.05, 4.69) is 19.2 Å². The molecule has 11 nitrogen and oxygen atoms in total. The zero-order chi connectivity index (χ0) is 61.0. The molecule has 84 heavy (non-hydrogen) atoms. The fraction of sp³-hybridized carbons (Fsp3) is 0.986. The second kappa shape index (κ2) is 62.3. The Balaban J connectivity index is 2.15. The van der Waals surface area contributed by atoms with Crippen molar-refractivity contribution in [3.8, 4) is 0 Å². The summed E-state index contributed by atoms with van der Waals surface area (Å²) in [6, 6.07) is -1.16. The lowest BCUT2D eigenvalue weighted by Gasteiger charge is -2.40. The van der Waals surface area contributed by atoms with E-state index in [4.69, 9.17) is 9.47 Å². The normalized spacial score (nSPS) is 18.8. The van der Waals surface area contributed by atoms with Gasteiger partial charge in [-0.2, -0.15) is 0 Å². The van der Waals surface area contributed by atoms with E-state index in [1.54, 1.807) is 0 Å². The van der Waals surface area contributed by atoms with E-state index in [0.717, 1.165) is 38.5 Å². The lowest BCUT2D eigenvalue weighted by atomic mass is 9.98. The SMILES string of the molecule is CCCCCCCCCCCCCCCCCCCCCCCCCCCCCCCCCCC(O)C(O)C(COC1OC(CO)C(O)C(O)C1O)NC(=O)C(O)CCCCCCCCCCCCCCCCCCCCCCCCCCC. The Morgan fingerprint density at radius 2 is 0.619 bits per heavy atom. The number of hydrogen-bond acceptors (Lipinski definition) is 10. The number of aliphatic hydroxyl groups is 7. The third-order valence-electron chi connectivity index (χ3n) is 18.7. The number of carbonyl (C=O) groups is 1. The van der Waals surface area contributed by atoms with Gasteiger partial charge in [0.05, 0.1) is 25.4 Å². The van der Waals surface area contributed by atoms with Crippen LogP contribution >= 0.6 is 0 Å². The summed E-state index contributed by atoms with van der Waals surface area (Å²) in [6.07, 6.45) is 64.9. The number of carbonyl (C=O) groups excluding carboxylic acids is 1. The minimum Gasteiger partial charge on any atom is -0.394 e. The summed E-state index contributed by atoms with van der Waals surface area (Å²) < 4.78 is 11.2. The lowest BCUT2D eigenvalue weighted by molar-refractivity contribution is -0.303. The zero-order valence-corrected chi connectivity index (χ0v) is 55.7. The molecule has 9 atom stereocenters. The first-order valence-electron chi connectivity index (χ1n) is 37.4. The molecule has 1 aliphatic heterocycles. The first-order chi connectivity index (χ1) is 41.2. The van der Waals surface area contributed by atoms with Crippen LogP contribution in [-0.4, -0.2) is 110 Å². The van der Waals surface area contributed by atoms with E-state index in [9.17, 15) is 40.5 Å². The molecule has 1 amide bonds. The molecule has 0 saturated carbocycles. The molecule has 11 heteroatoms. The number of nitrogens with one attached hydrogen (secondary N) is 1. The van der Waals surface area contributed by atoms with Crippen LogP contribution in [0.5, 0.6) is 0 Å². The molecule has 0 aromatic carbocycles. The van der Waals surface area contributed by atoms with E-state index in [1.165, 1.54) is 315 Å². The summed E-state index contributed by atoms with van der Waals surface area (Å²) in [5, 5.41) is 76.7. The standard InChI is InChI=1S/C73H145NO10/c1-3-5-7-9-11-13-15-17-19-21-23-25-27-29-30-31-32-33-34-35-37-38-40-42-44-46-48-50-52-54-56-58-60-65(76)68(78)64(63-83-73-71(81)70(80)69(79)67(62-75)84-73)74-72(82)66(77)61-59-57-55-53-51-49-47-45-43-41-39-36-28-26-24-22-20-18-16-14-12-10-8-6-4-2/h64-71,73,75-81H,3-63H2,1-2H3,(H,74,82). The quantitative estimate of drug-likeness (QED) is 0.0272. The van der Waals surface area contributed by atoms with Crippen molar-refractivity contribution in [3.05, 3.63) is 0 Å². The Morgan fingerprint density at radius 3 is 0.881 bits per heavy atom. The molecule has 0 bridgehead atoms. The summed E-state index contributed by atoms with van der Waals surface area (Å²) in [4.78, 5) is 13.3. The average Bonchev–Trinajstić information content (AvgIpc) is 3.66. The molecule has 502 valence electrons. The van der Waals surface area contributed by atoms with Gasteiger partial charge in [-0.1, -0.05) is 380 Å². The summed E-state index contributed by atoms with van der Waals surface area (Å²) in [5.74, 6) is -0.686. The number of rotatable bonds is 67. The molecule has 0 radical (unpaired) electrons. The third-order valence-corrected chi connectivity index (χ3v) is 18.7. The first-order valence-corrected chi connectivity index (χ1v) is 37.4. The van der Waals surface area contributed by atoms with Crippen LogP contribution in [-0.2, 0) is 14.3 Å². The van der Waals surface area contributed by atoms with Gasteiger partial charge in [-0.3, -0.25) is 4.79 Å². The summed E-state index contributed by atoms with van der Waals surface area (Å²) in [6.45, 7) is 3.54. The topological polar surface area (TPSA) is 189 Å². The highest BCUT2D eigenvalue weighted by Gasteiger charge is 2.44. The molecule has 1 aliphatic rings. The summed E-state index contributed by atoms with van der Waals surface area (Å²) >= 11 is 0. The molecule has 0 aliphatic carbocycles. The van der Waals surface area contributed by atoms with Gasteiger partial charge in [-0.25, -0.2) is 0 Å². The van der Waals surface area contributed by atoms with Crippen molar-refractivity contribution in [2.24, 2.45) is 0 Å². The molecule has 0 spiro atoms. The van der Waals surface area contributed by atoms with E-state index >= 15 is 0 Å². The van der Waals surface area contributed by atoms with Crippen molar-refractivity contribution >= 4 is 5.91 Å². The molecule has 1 saturated heterocycles. The number of hydrogen-bond donors (Lipinski definition) is 8. The lowest BCUT2D eigenvalue weighted by Crippen LogP contribution is -2.60. The average molecular weight is 1200 g/mol. The van der Waals surface area contributed by atoms with Gasteiger partial charge in [-0.05, 0) is 12.8 Å². The van der Waals surface area contributed by atoms with Crippen LogP contribution in [0.1, 0.15) is 393 Å². The minimum atomic E-state index is -1.66. The summed E-state index contributed by atoms with van der Waals surface area (Å²) in [7, 11) is 0. The van der Waals surface area contributed by atoms with Crippen molar-refractivity contribution in [1.29, 1.82) is 0 Å². The Kier molecular flexibility index (Phi) is 60.2. The highest BCUT2D eigenvalue weighted by atomic mass is 16.7. The van der Waals surface area contributed by atoms with E-state index in [0.29, 0.717) is 19.3 Å². The number of aliphatic hydroxyl groups excluding tert-OH is 7. The molecule has 1 rings (SSSR count). The summed E-state index contributed by atoms with van der Waals surface area (Å²) in [5.41, 5.74) is 0. The molecule has 8 N–H and O–H groups in total. The number of amides is 1. The molecule has 9 unspecified atom stereocenters. The molecular weight excluding hydrogens is 1050 g/mol. The van der Waals surface area contributed by atoms with Crippen LogP contribution in [0, 0.1) is 0 Å². The predicted molar refractivity (Wildman–Crippen MR) is 353 cm³/mol. The highest BCUT2D eigenvalue weighted by Crippen LogP contribution is 2.24. The first kappa shape index (κ1) is 81.1. The second-order valence-electron chi connectivity index (χ2n) is 26.7. The Morgan fingerprint density at radius 1 is 0.369 bits per heavy atom. The largest absolute Gasteiger partial charge is 0.394 e. The van der Waals surface area contributed by atoms with Crippen molar-refractivity contribution in [2.45, 2.75) is 448 Å². The molecule has 0 aromatic heterocycles. The van der Waals surface area contributed by atoms with Gasteiger partial charge in [0.1, 0.15) is 36.6 Å². The Bertz CT molecular complexity index is 1330. The van der Waals surface area contributed by atoms with Crippen LogP contribution in [0.3, 0.4) is 0 Å². The van der Waals surface area contributed by atoms with Gasteiger partial charge in [0.15, 0.2) is 6.29 Å². The van der Waals surface area contributed by atoms with Crippen LogP contribution < -0.4 is 5.32 Å². The molecule has 1 heterocycles. The van der Waals surface area contributed by atoms with Gasteiger partial charge in [0.25, 0.3) is 0 Å². The van der Waals surface area contributed by atoms with Crippen molar-refractivity contribution in [2.75, 3.05) is 13.2 Å². The van der Waals surface area contributed by atoms with Gasteiger partial charge in [0, 0.05) is 0 Å². The number of ether oxygens (including phenoxy) is 2. The van der Waals surface area contributed by atoms with Crippen LogP contribution in [0.25, 0.3) is 0 Å². The van der Waals surface area contributed by atoms with Gasteiger partial charge in [0.2, 0.25) is 5.91 Å². The number of unbranched alkanes of at least 4 members (excludes halogenated alkanes) is 55. The van der Waals surface area contributed by atoms with Crippen LogP contribution in [0.4, 0.5) is 0 Å². The maximum absolute atomic E-state index is 13.3. The second-order valence-corrected chi connectivity index (χ2v) is 26.7. The maximum atomic E-state index is 13.3. The highest BCUT2D eigenvalue weighted by molar-refractivity contribution is 5.80. The van der Waals surface area contributed by atoms with Gasteiger partial charge >= 0.3 is 0 Å². The zero-order valence-electron chi connectivity index (χ0n) is 55.7. The molecule has 0 aromatic rings. The fourth-order valence-electron chi connectivity index (χ4n) is 12.7. The molecular formula is C73H145NO10. The fourth-order valence-corrected chi connectivity index (χ4v) is 12.7. The van der Waals surface area contributed by atoms with Crippen LogP contribution in [0.2, 0.25) is 0 Å². The smallest absolute Gasteiger partial charge is 0.249 e. The monoisotopic (exact) mass is 1200 g/mol. The molecule has 1 fully saturated rings. The van der Waals surface area contributed by atoms with Crippen LogP contribution in [0.15, 0.2) is 0 Å². The van der Waals surface area contributed by atoms with Gasteiger partial charge in [-0.15, -0.1) is 0 Å². The minimum absolute atomic E-state index is 0.268. The van der Waals surface area contributed by atoms with Crippen molar-refractivity contribution in [1.82, 2.24) is 5.32 Å². The van der Waals surface area contributed by atoms with Gasteiger partial charge < -0.3 is 50.5 Å². The van der Waals surface area contributed by atoms with Crippen molar-refractivity contribution < 1.29 is 50.0 Å². The Labute approximate surface area is 520 Å². The maximum Gasteiger partial charge on any atom is 0.249 e. The predicted octanol–water partition coefficient (Wildman–Crippen LogP) is 18.4.